The summed E-state index contributed by atoms with van der Waals surface area (Å²) >= 11 is 3.33. The van der Waals surface area contributed by atoms with Gasteiger partial charge in [-0.15, -0.1) is 0 Å². The van der Waals surface area contributed by atoms with Crippen LogP contribution in [0.3, 0.4) is 0 Å². The van der Waals surface area contributed by atoms with E-state index in [9.17, 15) is 9.59 Å². The Morgan fingerprint density at radius 3 is 2.48 bits per heavy atom. The normalized spacial score (nSPS) is 10.2. The number of nitrogen functional groups attached to an aromatic ring is 1. The van der Waals surface area contributed by atoms with Crippen molar-refractivity contribution in [3.63, 3.8) is 0 Å². The van der Waals surface area contributed by atoms with Gasteiger partial charge in [-0.05, 0) is 48.9 Å². The molecule has 0 aliphatic rings. The summed E-state index contributed by atoms with van der Waals surface area (Å²) in [5.41, 5.74) is 7.32. The lowest BCUT2D eigenvalue weighted by Crippen LogP contribution is -2.16. The third-order valence-corrected chi connectivity index (χ3v) is 3.45. The molecule has 0 bridgehead atoms. The Morgan fingerprint density at radius 1 is 1.14 bits per heavy atom. The van der Waals surface area contributed by atoms with Gasteiger partial charge in [-0.2, -0.15) is 0 Å². The number of anilines is 2. The Labute approximate surface area is 129 Å². The lowest BCUT2D eigenvalue weighted by Gasteiger charge is -2.11. The number of nitrogens with one attached hydrogen (secondary N) is 1. The first-order valence-corrected chi connectivity index (χ1v) is 6.88. The van der Waals surface area contributed by atoms with Crippen molar-refractivity contribution in [1.82, 2.24) is 0 Å². The minimum Gasteiger partial charge on any atom is -0.478 e. The molecule has 0 spiro atoms. The zero-order valence-electron chi connectivity index (χ0n) is 11.2. The summed E-state index contributed by atoms with van der Waals surface area (Å²) < 4.78 is 0.871. The Hall–Kier alpha value is -2.34. The number of nitrogens with two attached hydrogens (primary N) is 1. The number of carbonyl (C=O) groups excluding carboxylic acids is 1. The van der Waals surface area contributed by atoms with Gasteiger partial charge in [0.15, 0.2) is 0 Å². The number of aromatic carboxylic acids is 1. The molecule has 0 saturated heterocycles. The van der Waals surface area contributed by atoms with Crippen LogP contribution in [-0.4, -0.2) is 17.0 Å². The van der Waals surface area contributed by atoms with Gasteiger partial charge in [0.25, 0.3) is 5.91 Å². The fourth-order valence-corrected chi connectivity index (χ4v) is 2.39. The highest BCUT2D eigenvalue weighted by atomic mass is 79.9. The predicted octanol–water partition coefficient (Wildman–Crippen LogP) is 3.29. The maximum Gasteiger partial charge on any atom is 0.337 e. The van der Waals surface area contributed by atoms with Crippen LogP contribution >= 0.6 is 15.9 Å². The summed E-state index contributed by atoms with van der Waals surface area (Å²) in [5, 5.41) is 11.8. The van der Waals surface area contributed by atoms with Crippen LogP contribution in [0.2, 0.25) is 0 Å². The molecule has 1 amide bonds. The van der Waals surface area contributed by atoms with Crippen LogP contribution in [-0.2, 0) is 0 Å². The zero-order chi connectivity index (χ0) is 15.6. The van der Waals surface area contributed by atoms with Crippen molar-refractivity contribution in [2.75, 3.05) is 11.1 Å². The Morgan fingerprint density at radius 2 is 1.86 bits per heavy atom. The maximum absolute atomic E-state index is 12.3. The van der Waals surface area contributed by atoms with Gasteiger partial charge in [0, 0.05) is 15.7 Å². The summed E-state index contributed by atoms with van der Waals surface area (Å²) in [6.45, 7) is 1.81. The highest BCUT2D eigenvalue weighted by Crippen LogP contribution is 2.21. The molecule has 0 aliphatic carbocycles. The second-order valence-electron chi connectivity index (χ2n) is 4.52. The van der Waals surface area contributed by atoms with Crippen molar-refractivity contribution in [2.24, 2.45) is 0 Å². The molecule has 0 fully saturated rings. The number of benzene rings is 2. The maximum atomic E-state index is 12.3. The van der Waals surface area contributed by atoms with Gasteiger partial charge in [0.1, 0.15) is 0 Å². The highest BCUT2D eigenvalue weighted by Gasteiger charge is 2.15. The first-order chi connectivity index (χ1) is 9.88. The first kappa shape index (κ1) is 15.1. The molecule has 4 N–H and O–H groups in total. The van der Waals surface area contributed by atoms with E-state index in [1.54, 1.807) is 19.1 Å². The molecule has 0 aliphatic heterocycles. The number of amides is 1. The van der Waals surface area contributed by atoms with E-state index in [1.165, 1.54) is 18.2 Å². The van der Waals surface area contributed by atoms with Gasteiger partial charge >= 0.3 is 5.97 Å². The summed E-state index contributed by atoms with van der Waals surface area (Å²) in [6.07, 6.45) is 0. The lowest BCUT2D eigenvalue weighted by atomic mass is 10.1. The van der Waals surface area contributed by atoms with Gasteiger partial charge < -0.3 is 16.2 Å². The molecule has 2 aromatic rings. The Bertz CT molecular complexity index is 729. The highest BCUT2D eigenvalue weighted by molar-refractivity contribution is 9.10. The Balaban J connectivity index is 2.34. The van der Waals surface area contributed by atoms with Crippen LogP contribution in [0.1, 0.15) is 26.3 Å². The molecule has 0 radical (unpaired) electrons. The van der Waals surface area contributed by atoms with E-state index in [1.807, 2.05) is 6.07 Å². The van der Waals surface area contributed by atoms with E-state index >= 15 is 0 Å². The summed E-state index contributed by atoms with van der Waals surface area (Å²) in [5.74, 6) is -1.52. The van der Waals surface area contributed by atoms with Gasteiger partial charge in [0.2, 0.25) is 0 Å². The smallest absolute Gasteiger partial charge is 0.337 e. The van der Waals surface area contributed by atoms with Crippen LogP contribution in [0.15, 0.2) is 40.9 Å². The summed E-state index contributed by atoms with van der Waals surface area (Å²) in [6, 6.07) is 9.57. The molecular weight excluding hydrogens is 336 g/mol. The van der Waals surface area contributed by atoms with Crippen LogP contribution in [0.25, 0.3) is 0 Å². The van der Waals surface area contributed by atoms with Gasteiger partial charge in [-0.25, -0.2) is 4.79 Å². The molecule has 0 atom stereocenters. The fourth-order valence-electron chi connectivity index (χ4n) is 1.92. The molecule has 6 heteroatoms. The number of aryl methyl sites for hydroxylation is 1. The topological polar surface area (TPSA) is 92.4 Å². The number of hydrogen-bond donors (Lipinski definition) is 3. The molecule has 108 valence electrons. The van der Waals surface area contributed by atoms with E-state index in [0.29, 0.717) is 11.3 Å². The molecule has 5 nitrogen and oxygen atoms in total. The molecule has 2 aromatic carbocycles. The van der Waals surface area contributed by atoms with Gasteiger partial charge in [-0.1, -0.05) is 15.9 Å². The molecule has 0 aromatic heterocycles. The van der Waals surface area contributed by atoms with Crippen molar-refractivity contribution in [3.05, 3.63) is 57.6 Å². The Kier molecular flexibility index (Phi) is 4.28. The second kappa shape index (κ2) is 5.97. The minimum atomic E-state index is -1.15. The third-order valence-electron chi connectivity index (χ3n) is 2.96. The average molecular weight is 349 g/mol. The molecule has 0 unspecified atom stereocenters. The summed E-state index contributed by atoms with van der Waals surface area (Å²) in [4.78, 5) is 23.4. The summed E-state index contributed by atoms with van der Waals surface area (Å²) in [7, 11) is 0. The van der Waals surface area contributed by atoms with Crippen LogP contribution in [0.4, 0.5) is 11.4 Å². The van der Waals surface area contributed by atoms with Gasteiger partial charge in [0.05, 0.1) is 11.3 Å². The van der Waals surface area contributed by atoms with E-state index in [0.717, 1.165) is 10.0 Å². The monoisotopic (exact) mass is 348 g/mol. The van der Waals surface area contributed by atoms with Crippen LogP contribution < -0.4 is 11.1 Å². The van der Waals surface area contributed by atoms with Crippen molar-refractivity contribution in [1.29, 1.82) is 0 Å². The van der Waals surface area contributed by atoms with Crippen LogP contribution in [0, 0.1) is 6.92 Å². The number of carboxylic acid groups (broad SMARTS) is 1. The number of halogens is 1. The molecule has 0 heterocycles. The van der Waals surface area contributed by atoms with E-state index in [-0.39, 0.29) is 17.2 Å². The number of rotatable bonds is 3. The van der Waals surface area contributed by atoms with Gasteiger partial charge in [-0.3, -0.25) is 4.79 Å². The quantitative estimate of drug-likeness (QED) is 0.742. The average Bonchev–Trinajstić information content (AvgIpc) is 2.40. The SMILES string of the molecule is Cc1cc(Br)ccc1C(=O)Nc1ccc(N)cc1C(=O)O. The van der Waals surface area contributed by atoms with Crippen molar-refractivity contribution < 1.29 is 14.7 Å². The lowest BCUT2D eigenvalue weighted by molar-refractivity contribution is 0.0698. The predicted molar refractivity (Wildman–Crippen MR) is 84.6 cm³/mol. The number of carboxylic acids is 1. The van der Waals surface area contributed by atoms with E-state index in [4.69, 9.17) is 10.8 Å². The van der Waals surface area contributed by atoms with E-state index in [2.05, 4.69) is 21.2 Å². The third kappa shape index (κ3) is 3.41. The zero-order valence-corrected chi connectivity index (χ0v) is 12.8. The number of carbonyl (C=O) groups is 2. The molecular formula is C15H13BrN2O3. The first-order valence-electron chi connectivity index (χ1n) is 6.09. The van der Waals surface area contributed by atoms with E-state index < -0.39 is 5.97 Å². The van der Waals surface area contributed by atoms with Crippen molar-refractivity contribution in [3.8, 4) is 0 Å². The largest absolute Gasteiger partial charge is 0.478 e. The fraction of sp³-hybridized carbons (Fsp3) is 0.0667. The molecule has 2 rings (SSSR count). The van der Waals surface area contributed by atoms with Crippen LogP contribution in [0.5, 0.6) is 0 Å². The molecule has 21 heavy (non-hydrogen) atoms. The molecule has 0 saturated carbocycles. The van der Waals surface area contributed by atoms with Crippen molar-refractivity contribution >= 4 is 39.2 Å². The van der Waals surface area contributed by atoms with Crippen molar-refractivity contribution in [2.45, 2.75) is 6.92 Å². The second-order valence-corrected chi connectivity index (χ2v) is 5.44. The number of hydrogen-bond acceptors (Lipinski definition) is 3. The standard InChI is InChI=1S/C15H13BrN2O3/c1-8-6-9(16)2-4-11(8)14(19)18-13-5-3-10(17)7-12(13)15(20)21/h2-7H,17H2,1H3,(H,18,19)(H,20,21). The minimum absolute atomic E-state index is 0.0434.